The van der Waals surface area contributed by atoms with Crippen molar-refractivity contribution in [3.63, 3.8) is 0 Å². The van der Waals surface area contributed by atoms with E-state index in [1.807, 2.05) is 6.07 Å². The number of piperidine rings is 2. The number of nitrogens with one attached hydrogen (secondary N) is 2. The molecule has 122 valence electrons. The third-order valence-corrected chi connectivity index (χ3v) is 5.66. The standard InChI is InChI=1S/C19H25N3O/c1-13-6-7-14-12-16(21-15(14)11-13)18(23)22-10-4-8-19(2)17(22)5-3-9-20-19/h6-7,11-12,17,20-21H,3-5,8-10H2,1-2H3/t17-,19+/m1/s1. The molecule has 4 heteroatoms. The van der Waals surface area contributed by atoms with Crippen LogP contribution in [0.1, 0.15) is 48.7 Å². The van der Waals surface area contributed by atoms with Crippen LogP contribution in [0.5, 0.6) is 0 Å². The van der Waals surface area contributed by atoms with Gasteiger partial charge in [-0.1, -0.05) is 12.1 Å². The first-order chi connectivity index (χ1) is 11.1. The molecule has 0 radical (unpaired) electrons. The molecule has 4 nitrogen and oxygen atoms in total. The molecule has 23 heavy (non-hydrogen) atoms. The number of aromatic amines is 1. The Hall–Kier alpha value is -1.81. The predicted octanol–water partition coefficient (Wildman–Crippen LogP) is 3.22. The molecule has 2 aliphatic heterocycles. The van der Waals surface area contributed by atoms with Gasteiger partial charge in [-0.15, -0.1) is 0 Å². The van der Waals surface area contributed by atoms with E-state index in [0.29, 0.717) is 6.04 Å². The number of aryl methyl sites for hydroxylation is 1. The van der Waals surface area contributed by atoms with E-state index in [1.165, 1.54) is 5.56 Å². The molecule has 2 saturated heterocycles. The van der Waals surface area contributed by atoms with Gasteiger partial charge < -0.3 is 15.2 Å². The maximum Gasteiger partial charge on any atom is 0.270 e. The van der Waals surface area contributed by atoms with Gasteiger partial charge in [0.15, 0.2) is 0 Å². The summed E-state index contributed by atoms with van der Waals surface area (Å²) in [4.78, 5) is 18.6. The van der Waals surface area contributed by atoms with Gasteiger partial charge in [-0.2, -0.15) is 0 Å². The third kappa shape index (κ3) is 2.45. The first-order valence-electron chi connectivity index (χ1n) is 8.72. The Morgan fingerprint density at radius 1 is 1.30 bits per heavy atom. The average Bonchev–Trinajstić information content (AvgIpc) is 2.96. The number of aromatic nitrogens is 1. The Labute approximate surface area is 137 Å². The second-order valence-corrected chi connectivity index (χ2v) is 7.38. The van der Waals surface area contributed by atoms with Crippen molar-refractivity contribution in [3.8, 4) is 0 Å². The van der Waals surface area contributed by atoms with Crippen LogP contribution in [0.3, 0.4) is 0 Å². The van der Waals surface area contributed by atoms with E-state index in [0.717, 1.165) is 55.4 Å². The summed E-state index contributed by atoms with van der Waals surface area (Å²) in [6.07, 6.45) is 4.49. The monoisotopic (exact) mass is 311 g/mol. The SMILES string of the molecule is Cc1ccc2cc(C(=O)N3CCC[C@]4(C)NCCC[C@@H]34)[nH]c2c1. The molecule has 0 unspecified atom stereocenters. The van der Waals surface area contributed by atoms with E-state index in [1.54, 1.807) is 0 Å². The van der Waals surface area contributed by atoms with Crippen LogP contribution in [0.15, 0.2) is 24.3 Å². The zero-order chi connectivity index (χ0) is 16.0. The van der Waals surface area contributed by atoms with Crippen molar-refractivity contribution in [2.45, 2.75) is 51.1 Å². The lowest BCUT2D eigenvalue weighted by Crippen LogP contribution is -2.65. The molecule has 1 aromatic heterocycles. The molecule has 1 aromatic carbocycles. The molecular weight excluding hydrogens is 286 g/mol. The lowest BCUT2D eigenvalue weighted by Gasteiger charge is -2.51. The summed E-state index contributed by atoms with van der Waals surface area (Å²) in [6, 6.07) is 8.59. The summed E-state index contributed by atoms with van der Waals surface area (Å²) in [7, 11) is 0. The smallest absolute Gasteiger partial charge is 0.270 e. The van der Waals surface area contributed by atoms with Crippen molar-refractivity contribution in [1.29, 1.82) is 0 Å². The molecule has 2 fully saturated rings. The van der Waals surface area contributed by atoms with Gasteiger partial charge in [0.05, 0.1) is 0 Å². The second-order valence-electron chi connectivity index (χ2n) is 7.38. The van der Waals surface area contributed by atoms with E-state index in [4.69, 9.17) is 0 Å². The molecule has 0 bridgehead atoms. The van der Waals surface area contributed by atoms with Crippen molar-refractivity contribution in [2.75, 3.05) is 13.1 Å². The lowest BCUT2D eigenvalue weighted by atomic mass is 9.78. The zero-order valence-electron chi connectivity index (χ0n) is 14.0. The van der Waals surface area contributed by atoms with Crippen LogP contribution in [0.2, 0.25) is 0 Å². The Balaban J connectivity index is 1.66. The Morgan fingerprint density at radius 3 is 3.04 bits per heavy atom. The Bertz CT molecular complexity index is 746. The molecule has 0 aliphatic carbocycles. The van der Waals surface area contributed by atoms with E-state index in [2.05, 4.69) is 47.2 Å². The molecule has 2 aliphatic rings. The lowest BCUT2D eigenvalue weighted by molar-refractivity contribution is 0.0249. The molecular formula is C19H25N3O. The highest BCUT2D eigenvalue weighted by Gasteiger charge is 2.44. The first kappa shape index (κ1) is 14.8. The van der Waals surface area contributed by atoms with E-state index >= 15 is 0 Å². The fourth-order valence-electron chi connectivity index (χ4n) is 4.39. The quantitative estimate of drug-likeness (QED) is 0.849. The second kappa shape index (κ2) is 5.38. The highest BCUT2D eigenvalue weighted by molar-refractivity contribution is 5.98. The number of hydrogen-bond donors (Lipinski definition) is 2. The maximum absolute atomic E-state index is 13.1. The fraction of sp³-hybridized carbons (Fsp3) is 0.526. The first-order valence-corrected chi connectivity index (χ1v) is 8.72. The minimum atomic E-state index is 0.0781. The van der Waals surface area contributed by atoms with Crippen LogP contribution in [-0.4, -0.2) is 40.5 Å². The summed E-state index contributed by atoms with van der Waals surface area (Å²) >= 11 is 0. The van der Waals surface area contributed by atoms with Gasteiger partial charge in [0.2, 0.25) is 0 Å². The molecule has 0 spiro atoms. The zero-order valence-corrected chi connectivity index (χ0v) is 14.0. The van der Waals surface area contributed by atoms with Crippen molar-refractivity contribution in [3.05, 3.63) is 35.5 Å². The number of likely N-dealkylation sites (tertiary alicyclic amines) is 1. The Morgan fingerprint density at radius 2 is 2.17 bits per heavy atom. The van der Waals surface area contributed by atoms with E-state index in [9.17, 15) is 4.79 Å². The van der Waals surface area contributed by atoms with Crippen LogP contribution in [0.25, 0.3) is 10.9 Å². The molecule has 2 N–H and O–H groups in total. The number of fused-ring (bicyclic) bond motifs is 2. The molecule has 2 aromatic rings. The van der Waals surface area contributed by atoms with Crippen LogP contribution >= 0.6 is 0 Å². The fourth-order valence-corrected chi connectivity index (χ4v) is 4.39. The molecule has 4 rings (SSSR count). The van der Waals surface area contributed by atoms with Crippen molar-refractivity contribution < 1.29 is 4.79 Å². The normalized spacial score (nSPS) is 27.9. The van der Waals surface area contributed by atoms with E-state index < -0.39 is 0 Å². The van der Waals surface area contributed by atoms with Gasteiger partial charge in [0.1, 0.15) is 5.69 Å². The predicted molar refractivity (Wildman–Crippen MR) is 92.7 cm³/mol. The number of carbonyl (C=O) groups is 1. The summed E-state index contributed by atoms with van der Waals surface area (Å²) in [5.74, 6) is 0.151. The van der Waals surface area contributed by atoms with Crippen LogP contribution < -0.4 is 5.32 Å². The summed E-state index contributed by atoms with van der Waals surface area (Å²) in [5, 5.41) is 4.78. The number of rotatable bonds is 1. The number of carbonyl (C=O) groups excluding carboxylic acids is 1. The molecule has 3 heterocycles. The maximum atomic E-state index is 13.1. The van der Waals surface area contributed by atoms with Gasteiger partial charge in [-0.25, -0.2) is 0 Å². The van der Waals surface area contributed by atoms with Crippen molar-refractivity contribution >= 4 is 16.8 Å². The molecule has 1 amide bonds. The van der Waals surface area contributed by atoms with Crippen molar-refractivity contribution in [1.82, 2.24) is 15.2 Å². The van der Waals surface area contributed by atoms with Gasteiger partial charge >= 0.3 is 0 Å². The number of benzene rings is 1. The van der Waals surface area contributed by atoms with Gasteiger partial charge in [0, 0.05) is 29.0 Å². The van der Waals surface area contributed by atoms with Gasteiger partial charge in [-0.05, 0) is 63.8 Å². The number of H-pyrrole nitrogens is 1. The van der Waals surface area contributed by atoms with Crippen molar-refractivity contribution in [2.24, 2.45) is 0 Å². The summed E-state index contributed by atoms with van der Waals surface area (Å²) < 4.78 is 0. The highest BCUT2D eigenvalue weighted by Crippen LogP contribution is 2.34. The van der Waals surface area contributed by atoms with Gasteiger partial charge in [-0.3, -0.25) is 4.79 Å². The third-order valence-electron chi connectivity index (χ3n) is 5.66. The molecule has 0 saturated carbocycles. The summed E-state index contributed by atoms with van der Waals surface area (Å²) in [5.41, 5.74) is 3.06. The molecule has 2 atom stereocenters. The van der Waals surface area contributed by atoms with Crippen LogP contribution in [0.4, 0.5) is 0 Å². The van der Waals surface area contributed by atoms with Crippen LogP contribution in [0, 0.1) is 6.92 Å². The minimum Gasteiger partial charge on any atom is -0.351 e. The largest absolute Gasteiger partial charge is 0.351 e. The topological polar surface area (TPSA) is 48.1 Å². The van der Waals surface area contributed by atoms with Gasteiger partial charge in [0.25, 0.3) is 5.91 Å². The average molecular weight is 311 g/mol. The number of amides is 1. The van der Waals surface area contributed by atoms with Crippen LogP contribution in [-0.2, 0) is 0 Å². The minimum absolute atomic E-state index is 0.0781. The highest BCUT2D eigenvalue weighted by atomic mass is 16.2. The van der Waals surface area contributed by atoms with E-state index in [-0.39, 0.29) is 11.4 Å². The number of hydrogen-bond acceptors (Lipinski definition) is 2. The Kier molecular flexibility index (Phi) is 3.45. The summed E-state index contributed by atoms with van der Waals surface area (Å²) in [6.45, 7) is 6.30. The number of nitrogens with zero attached hydrogens (tertiary/aromatic N) is 1.